The Balaban J connectivity index is 2.05. The Hall–Kier alpha value is -4.42. The smallest absolute Gasteiger partial charge is 0.475 e. The number of rotatable bonds is 42. The van der Waals surface area contributed by atoms with Crippen molar-refractivity contribution in [2.45, 2.75) is 195 Å². The lowest BCUT2D eigenvalue weighted by Gasteiger charge is -2.27. The van der Waals surface area contributed by atoms with Gasteiger partial charge in [0.2, 0.25) is 17.7 Å². The van der Waals surface area contributed by atoms with Gasteiger partial charge in [0.15, 0.2) is 0 Å². The van der Waals surface area contributed by atoms with Crippen LogP contribution in [0, 0.1) is 0 Å². The number of amides is 3. The fourth-order valence-corrected chi connectivity index (χ4v) is 9.08. The molecule has 0 heterocycles. The van der Waals surface area contributed by atoms with Gasteiger partial charge in [0, 0.05) is 19.3 Å². The minimum atomic E-state index is -4.61. The van der Waals surface area contributed by atoms with Crippen molar-refractivity contribution in [3.05, 3.63) is 89.5 Å². The van der Waals surface area contributed by atoms with E-state index in [1.54, 1.807) is 0 Å². The Morgan fingerprint density at radius 1 is 0.408 bits per heavy atom. The number of unbranched alkanes of at least 4 members (excludes halogenated alkanes) is 12. The fourth-order valence-electron chi connectivity index (χ4n) is 7.86. The standard InChI is InChI=1S/C57H90N3O10P/c1-7-13-16-19-22-34-55(61)58-52(46-28-25-31-49(40-46)65-37-10-4)43-68-71(64,69-44-53(59-56(62)35-23-20-17-14-8-2)47-29-26-32-50(41-47)66-38-11-5)70-45-54(60-57(63)36-24-21-18-15-9-3)48-30-27-33-51(42-48)67-39-12-6/h25-33,40-42,52-54H,7-24,34-39,43-45H2,1-6H3,(H,58,61)(H,59,62)(H,60,63). The van der Waals surface area contributed by atoms with Crippen molar-refractivity contribution >= 4 is 25.5 Å². The maximum Gasteiger partial charge on any atom is 0.475 e. The number of phosphoric acid groups is 1. The molecule has 398 valence electrons. The molecule has 3 rings (SSSR count). The molecule has 0 saturated heterocycles. The van der Waals surface area contributed by atoms with Crippen LogP contribution in [0.1, 0.15) is 211 Å². The molecule has 14 heteroatoms. The normalized spacial score (nSPS) is 13.4. The maximum atomic E-state index is 15.4. The number of hydrogen-bond acceptors (Lipinski definition) is 10. The van der Waals surface area contributed by atoms with E-state index in [1.807, 2.05) is 93.6 Å². The molecule has 0 aliphatic heterocycles. The van der Waals surface area contributed by atoms with Gasteiger partial charge < -0.3 is 30.2 Å². The summed E-state index contributed by atoms with van der Waals surface area (Å²) in [5, 5.41) is 9.39. The predicted octanol–water partition coefficient (Wildman–Crippen LogP) is 14.2. The summed E-state index contributed by atoms with van der Waals surface area (Å²) in [5.74, 6) is 1.37. The van der Waals surface area contributed by atoms with E-state index in [4.69, 9.17) is 27.8 Å². The number of carbonyl (C=O) groups is 3. The molecule has 0 fully saturated rings. The molecule has 0 radical (unpaired) electrons. The summed E-state index contributed by atoms with van der Waals surface area (Å²) in [4.78, 5) is 40.8. The lowest BCUT2D eigenvalue weighted by molar-refractivity contribution is -0.123. The van der Waals surface area contributed by atoms with Crippen LogP contribution in [0.15, 0.2) is 72.8 Å². The first-order chi connectivity index (χ1) is 34.6. The van der Waals surface area contributed by atoms with E-state index in [2.05, 4.69) is 36.7 Å². The highest BCUT2D eigenvalue weighted by molar-refractivity contribution is 7.48. The van der Waals surface area contributed by atoms with E-state index in [0.29, 0.717) is 73.0 Å². The fraction of sp³-hybridized carbons (Fsp3) is 0.632. The highest BCUT2D eigenvalue weighted by Gasteiger charge is 2.33. The van der Waals surface area contributed by atoms with Gasteiger partial charge in [0.1, 0.15) is 17.2 Å². The largest absolute Gasteiger partial charge is 0.494 e. The molecule has 71 heavy (non-hydrogen) atoms. The number of nitrogens with one attached hydrogen (secondary N) is 3. The maximum absolute atomic E-state index is 15.4. The van der Waals surface area contributed by atoms with Gasteiger partial charge in [-0.1, -0.05) is 155 Å². The van der Waals surface area contributed by atoms with E-state index in [1.165, 1.54) is 0 Å². The molecule has 13 nitrogen and oxygen atoms in total. The summed E-state index contributed by atoms with van der Waals surface area (Å²) < 4.78 is 52.4. The monoisotopic (exact) mass is 1010 g/mol. The molecule has 3 amide bonds. The van der Waals surface area contributed by atoms with Gasteiger partial charge in [-0.15, -0.1) is 0 Å². The average molecular weight is 1010 g/mol. The van der Waals surface area contributed by atoms with Crippen molar-refractivity contribution < 1.29 is 46.7 Å². The highest BCUT2D eigenvalue weighted by atomic mass is 31.2. The Morgan fingerprint density at radius 3 is 0.958 bits per heavy atom. The molecule has 3 aromatic rings. The third-order valence-electron chi connectivity index (χ3n) is 11.9. The van der Waals surface area contributed by atoms with Gasteiger partial charge >= 0.3 is 7.82 Å². The Kier molecular flexibility index (Phi) is 32.0. The minimum Gasteiger partial charge on any atom is -0.494 e. The van der Waals surface area contributed by atoms with Crippen molar-refractivity contribution in [3.8, 4) is 17.2 Å². The molecule has 3 atom stereocenters. The van der Waals surface area contributed by atoms with Crippen LogP contribution in [0.3, 0.4) is 0 Å². The number of hydrogen-bond donors (Lipinski definition) is 3. The first-order valence-electron chi connectivity index (χ1n) is 27.2. The zero-order valence-corrected chi connectivity index (χ0v) is 45.2. The van der Waals surface area contributed by atoms with E-state index < -0.39 is 25.9 Å². The SMILES string of the molecule is CCCCCCCC(=O)NC(COP(=O)(OCC(NC(=O)CCCCCCC)c1cccc(OCCC)c1)OCC(NC(=O)CCCCCCC)c1cccc(OCCC)c1)c1cccc(OCCC)c1. The van der Waals surface area contributed by atoms with E-state index in [0.717, 1.165) is 116 Å². The zero-order chi connectivity index (χ0) is 51.4. The van der Waals surface area contributed by atoms with Gasteiger partial charge in [-0.2, -0.15) is 0 Å². The highest BCUT2D eigenvalue weighted by Crippen LogP contribution is 2.51. The van der Waals surface area contributed by atoms with Crippen LogP contribution in [0.2, 0.25) is 0 Å². The quantitative estimate of drug-likeness (QED) is 0.0368. The Morgan fingerprint density at radius 2 is 0.690 bits per heavy atom. The van der Waals surface area contributed by atoms with Crippen LogP contribution in [0.25, 0.3) is 0 Å². The van der Waals surface area contributed by atoms with Gasteiger partial charge in [-0.05, 0) is 91.6 Å². The summed E-state index contributed by atoms with van der Waals surface area (Å²) in [6.07, 6.45) is 18.2. The summed E-state index contributed by atoms with van der Waals surface area (Å²) in [6.45, 7) is 13.2. The number of ether oxygens (including phenoxy) is 3. The molecule has 0 saturated carbocycles. The van der Waals surface area contributed by atoms with Crippen molar-refractivity contribution in [3.63, 3.8) is 0 Å². The van der Waals surface area contributed by atoms with Crippen LogP contribution in [0.5, 0.6) is 17.2 Å². The second-order valence-electron chi connectivity index (χ2n) is 18.5. The van der Waals surface area contributed by atoms with Gasteiger partial charge in [0.25, 0.3) is 0 Å². The number of benzene rings is 3. The summed E-state index contributed by atoms with van der Waals surface area (Å²) in [5.41, 5.74) is 2.06. The van der Waals surface area contributed by atoms with E-state index >= 15 is 4.57 Å². The van der Waals surface area contributed by atoms with Crippen LogP contribution in [-0.4, -0.2) is 57.4 Å². The molecular weight excluding hydrogens is 918 g/mol. The zero-order valence-electron chi connectivity index (χ0n) is 44.3. The minimum absolute atomic E-state index is 0.170. The average Bonchev–Trinajstić information content (AvgIpc) is 3.38. The first kappa shape index (κ1) is 60.9. The summed E-state index contributed by atoms with van der Waals surface area (Å²) in [7, 11) is -4.61. The lowest BCUT2D eigenvalue weighted by atomic mass is 10.1. The molecule has 0 aliphatic carbocycles. The molecular formula is C57H90N3O10P. The summed E-state index contributed by atoms with van der Waals surface area (Å²) >= 11 is 0. The van der Waals surface area contributed by atoms with Crippen LogP contribution in [0.4, 0.5) is 0 Å². The molecule has 3 aromatic carbocycles. The van der Waals surface area contributed by atoms with Crippen LogP contribution >= 0.6 is 7.82 Å². The summed E-state index contributed by atoms with van der Waals surface area (Å²) in [6, 6.07) is 19.9. The van der Waals surface area contributed by atoms with Crippen LogP contribution < -0.4 is 30.2 Å². The Labute approximate surface area is 427 Å². The number of carbonyl (C=O) groups excluding carboxylic acids is 3. The first-order valence-corrected chi connectivity index (χ1v) is 28.6. The molecule has 3 unspecified atom stereocenters. The van der Waals surface area contributed by atoms with Gasteiger partial charge in [0.05, 0.1) is 57.8 Å². The van der Waals surface area contributed by atoms with E-state index in [9.17, 15) is 14.4 Å². The van der Waals surface area contributed by atoms with Crippen molar-refractivity contribution in [1.29, 1.82) is 0 Å². The van der Waals surface area contributed by atoms with Gasteiger partial charge in [-0.25, -0.2) is 4.57 Å². The molecule has 0 bridgehead atoms. The molecule has 3 N–H and O–H groups in total. The third kappa shape index (κ3) is 26.2. The van der Waals surface area contributed by atoms with E-state index in [-0.39, 0.29) is 37.5 Å². The Bertz CT molecular complexity index is 1750. The van der Waals surface area contributed by atoms with Crippen LogP contribution in [-0.2, 0) is 32.5 Å². The second-order valence-corrected chi connectivity index (χ2v) is 20.1. The topological polar surface area (TPSA) is 160 Å². The lowest BCUT2D eigenvalue weighted by Crippen LogP contribution is -2.33. The second kappa shape index (κ2) is 37.3. The predicted molar refractivity (Wildman–Crippen MR) is 285 cm³/mol. The molecule has 0 aliphatic rings. The molecule has 0 aromatic heterocycles. The van der Waals surface area contributed by atoms with Crippen molar-refractivity contribution in [2.75, 3.05) is 39.6 Å². The van der Waals surface area contributed by atoms with Gasteiger partial charge in [-0.3, -0.25) is 28.0 Å². The molecule has 0 spiro atoms. The van der Waals surface area contributed by atoms with Crippen molar-refractivity contribution in [1.82, 2.24) is 16.0 Å². The number of phosphoric ester groups is 1. The van der Waals surface area contributed by atoms with Crippen molar-refractivity contribution in [2.24, 2.45) is 0 Å². The third-order valence-corrected chi connectivity index (χ3v) is 13.3.